The third-order valence-electron chi connectivity index (χ3n) is 15.6. The van der Waals surface area contributed by atoms with Crippen molar-refractivity contribution >= 4 is 17.1 Å². The van der Waals surface area contributed by atoms with Crippen molar-refractivity contribution in [1.82, 2.24) is 0 Å². The maximum Gasteiger partial charge on any atom is 0.0540 e. The summed E-state index contributed by atoms with van der Waals surface area (Å²) >= 11 is 0. The molecule has 0 aliphatic heterocycles. The Morgan fingerprint density at radius 2 is 0.765 bits per heavy atom. The Balaban J connectivity index is 0.990. The van der Waals surface area contributed by atoms with E-state index in [0.29, 0.717) is 5.92 Å². The SMILES string of the molecule is c1ccc(-c2cc(-c3ccccc3)cc(-c3ccc(N(c4ccc5c(c4)C4(CC6CCC4C6)c4ccccc4-5)c4ccccc4-c4ccccc4-c4ccccc4-c4ccccc4)cc3)c2)cc1. The van der Waals surface area contributed by atoms with Crippen molar-refractivity contribution in [3.63, 3.8) is 0 Å². The van der Waals surface area contributed by atoms with Crippen LogP contribution < -0.4 is 4.90 Å². The van der Waals surface area contributed by atoms with Gasteiger partial charge in [0.2, 0.25) is 0 Å². The van der Waals surface area contributed by atoms with Crippen LogP contribution in [0, 0.1) is 11.8 Å². The first-order chi connectivity index (χ1) is 33.7. The Labute approximate surface area is 400 Å². The highest BCUT2D eigenvalue weighted by Crippen LogP contribution is 2.66. The summed E-state index contributed by atoms with van der Waals surface area (Å²) in [5.74, 6) is 1.47. The first-order valence-electron chi connectivity index (χ1n) is 24.4. The van der Waals surface area contributed by atoms with Gasteiger partial charge in [-0.1, -0.05) is 207 Å². The number of rotatable bonds is 9. The normalized spacial score (nSPS) is 17.5. The van der Waals surface area contributed by atoms with Gasteiger partial charge in [0, 0.05) is 22.4 Å². The number of hydrogen-bond donors (Lipinski definition) is 0. The Bertz CT molecular complexity index is 3400. The number of para-hydroxylation sites is 1. The van der Waals surface area contributed by atoms with Gasteiger partial charge < -0.3 is 4.90 Å². The zero-order valence-corrected chi connectivity index (χ0v) is 38.1. The molecule has 0 radical (unpaired) electrons. The smallest absolute Gasteiger partial charge is 0.0540 e. The van der Waals surface area contributed by atoms with E-state index in [1.54, 1.807) is 5.56 Å². The molecule has 324 valence electrons. The van der Waals surface area contributed by atoms with Gasteiger partial charge in [0.15, 0.2) is 0 Å². The molecular formula is C67H51N. The predicted molar refractivity (Wildman–Crippen MR) is 285 cm³/mol. The van der Waals surface area contributed by atoms with Gasteiger partial charge in [-0.2, -0.15) is 0 Å². The Morgan fingerprint density at radius 3 is 1.35 bits per heavy atom. The molecule has 2 bridgehead atoms. The van der Waals surface area contributed by atoms with Crippen LogP contribution >= 0.6 is 0 Å². The highest BCUT2D eigenvalue weighted by atomic mass is 15.1. The molecule has 1 nitrogen and oxygen atoms in total. The van der Waals surface area contributed by atoms with Crippen molar-refractivity contribution in [2.24, 2.45) is 11.8 Å². The van der Waals surface area contributed by atoms with Crippen LogP contribution in [0.5, 0.6) is 0 Å². The topological polar surface area (TPSA) is 3.24 Å². The number of benzene rings is 10. The zero-order chi connectivity index (χ0) is 45.0. The Kier molecular flexibility index (Phi) is 9.90. The number of hydrogen-bond acceptors (Lipinski definition) is 1. The third kappa shape index (κ3) is 6.76. The highest BCUT2D eigenvalue weighted by Gasteiger charge is 2.56. The molecule has 3 unspecified atom stereocenters. The molecule has 3 aliphatic rings. The monoisotopic (exact) mass is 869 g/mol. The molecule has 0 amide bonds. The van der Waals surface area contributed by atoms with Crippen LogP contribution in [-0.4, -0.2) is 0 Å². The second kappa shape index (κ2) is 16.7. The molecule has 10 aromatic rings. The van der Waals surface area contributed by atoms with E-state index >= 15 is 0 Å². The van der Waals surface area contributed by atoms with E-state index in [1.807, 2.05) is 0 Å². The minimum absolute atomic E-state index is 0.0634. The summed E-state index contributed by atoms with van der Waals surface area (Å²) < 4.78 is 0. The number of anilines is 3. The van der Waals surface area contributed by atoms with E-state index in [9.17, 15) is 0 Å². The standard InChI is InChI=1S/C67H51N/c1-4-18-47(19-5-1)51-41-52(48-20-6-2-7-21-48)43-53(42-51)49-33-36-55(37-34-49)68(56-38-39-62-61-28-14-16-30-64(61)67(65(62)44-56)45-46-32-35-54(67)40-46)66-31-17-15-29-63(66)60-27-13-12-26-59(60)58-25-11-10-24-57(58)50-22-8-3-9-23-50/h1-31,33-34,36-39,41-44,46,54H,32,35,40,45H2. The Hall–Kier alpha value is -8.00. The van der Waals surface area contributed by atoms with E-state index in [1.165, 1.54) is 115 Å². The van der Waals surface area contributed by atoms with E-state index in [0.717, 1.165) is 17.3 Å². The van der Waals surface area contributed by atoms with E-state index in [-0.39, 0.29) is 5.41 Å². The van der Waals surface area contributed by atoms with Crippen molar-refractivity contribution in [1.29, 1.82) is 0 Å². The lowest BCUT2D eigenvalue weighted by Crippen LogP contribution is -2.32. The van der Waals surface area contributed by atoms with Crippen molar-refractivity contribution in [2.75, 3.05) is 4.90 Å². The summed E-state index contributed by atoms with van der Waals surface area (Å²) in [7, 11) is 0. The van der Waals surface area contributed by atoms with Crippen LogP contribution in [0.2, 0.25) is 0 Å². The minimum atomic E-state index is 0.0634. The quantitative estimate of drug-likeness (QED) is 0.140. The lowest BCUT2D eigenvalue weighted by atomic mass is 9.67. The van der Waals surface area contributed by atoms with Crippen molar-refractivity contribution in [2.45, 2.75) is 31.1 Å². The average molecular weight is 870 g/mol. The fraction of sp³-hybridized carbons (Fsp3) is 0.104. The molecule has 0 aromatic heterocycles. The van der Waals surface area contributed by atoms with Crippen LogP contribution in [0.1, 0.15) is 36.8 Å². The van der Waals surface area contributed by atoms with Gasteiger partial charge in [0.25, 0.3) is 0 Å². The van der Waals surface area contributed by atoms with Crippen LogP contribution in [0.3, 0.4) is 0 Å². The summed E-state index contributed by atoms with van der Waals surface area (Å²) in [5.41, 5.74) is 24.0. The molecule has 68 heavy (non-hydrogen) atoms. The summed E-state index contributed by atoms with van der Waals surface area (Å²) in [4.78, 5) is 2.54. The first kappa shape index (κ1) is 40.3. The molecule has 13 rings (SSSR count). The minimum Gasteiger partial charge on any atom is -0.310 e. The van der Waals surface area contributed by atoms with Crippen molar-refractivity contribution in [3.05, 3.63) is 260 Å². The van der Waals surface area contributed by atoms with E-state index < -0.39 is 0 Å². The second-order valence-corrected chi connectivity index (χ2v) is 19.2. The summed E-state index contributed by atoms with van der Waals surface area (Å²) in [6.07, 6.45) is 5.26. The zero-order valence-electron chi connectivity index (χ0n) is 38.1. The van der Waals surface area contributed by atoms with Gasteiger partial charge in [-0.3, -0.25) is 0 Å². The molecule has 0 saturated heterocycles. The van der Waals surface area contributed by atoms with Crippen LogP contribution in [-0.2, 0) is 5.41 Å². The first-order valence-corrected chi connectivity index (χ1v) is 24.4. The van der Waals surface area contributed by atoms with Crippen LogP contribution in [0.15, 0.2) is 249 Å². The van der Waals surface area contributed by atoms with Crippen molar-refractivity contribution in [3.8, 4) is 77.9 Å². The highest BCUT2D eigenvalue weighted by molar-refractivity contribution is 5.98. The molecule has 0 heterocycles. The molecule has 1 heteroatoms. The fourth-order valence-electron chi connectivity index (χ4n) is 12.6. The Morgan fingerprint density at radius 1 is 0.309 bits per heavy atom. The van der Waals surface area contributed by atoms with Gasteiger partial charge in [-0.15, -0.1) is 0 Å². The van der Waals surface area contributed by atoms with Gasteiger partial charge in [0.05, 0.1) is 5.69 Å². The maximum atomic E-state index is 2.59. The average Bonchev–Trinajstić information content (AvgIpc) is 4.12. The van der Waals surface area contributed by atoms with Crippen LogP contribution in [0.4, 0.5) is 17.1 Å². The molecule has 3 atom stereocenters. The van der Waals surface area contributed by atoms with Gasteiger partial charge in [-0.05, 0) is 163 Å². The largest absolute Gasteiger partial charge is 0.310 e. The van der Waals surface area contributed by atoms with E-state index in [2.05, 4.69) is 254 Å². The molecule has 10 aromatic carbocycles. The summed E-state index contributed by atoms with van der Waals surface area (Å²) in [6.45, 7) is 0. The second-order valence-electron chi connectivity index (χ2n) is 19.2. The number of nitrogens with zero attached hydrogens (tertiary/aromatic N) is 1. The van der Waals surface area contributed by atoms with Gasteiger partial charge in [-0.25, -0.2) is 0 Å². The van der Waals surface area contributed by atoms with Gasteiger partial charge in [0.1, 0.15) is 0 Å². The molecule has 2 saturated carbocycles. The van der Waals surface area contributed by atoms with Gasteiger partial charge >= 0.3 is 0 Å². The maximum absolute atomic E-state index is 2.59. The molecule has 3 aliphatic carbocycles. The number of fused-ring (bicyclic) bond motifs is 8. The van der Waals surface area contributed by atoms with E-state index in [4.69, 9.17) is 0 Å². The summed E-state index contributed by atoms with van der Waals surface area (Å²) in [6, 6.07) is 92.4. The molecular weight excluding hydrogens is 819 g/mol. The summed E-state index contributed by atoms with van der Waals surface area (Å²) in [5, 5.41) is 0. The molecule has 2 fully saturated rings. The fourth-order valence-corrected chi connectivity index (χ4v) is 12.6. The third-order valence-corrected chi connectivity index (χ3v) is 15.6. The lowest BCUT2D eigenvalue weighted by molar-refractivity contribution is 0.327. The lowest BCUT2D eigenvalue weighted by Gasteiger charge is -2.37. The molecule has 0 N–H and O–H groups in total. The van der Waals surface area contributed by atoms with Crippen LogP contribution in [0.25, 0.3) is 77.9 Å². The molecule has 1 spiro atoms. The predicted octanol–water partition coefficient (Wildman–Crippen LogP) is 18.2. The van der Waals surface area contributed by atoms with Crippen molar-refractivity contribution < 1.29 is 0 Å².